The number of H-pyrrole nitrogens is 2. The molecule has 1 unspecified atom stereocenters. The van der Waals surface area contributed by atoms with Crippen LogP contribution in [0.15, 0.2) is 75.6 Å². The SMILES string of the molecule is COCCc1cc2c(s1)c(=O)[nH]c1c(CNCC3(c4ccc(-c5c(OC)nc(C)c6[nH]c(=O)c7sccc7c56)cc4)CC3)nc(OC)c(-c3ccc(C(C)CN)cc3)c12. The Morgan fingerprint density at radius 2 is 1.49 bits per heavy atom. The molecule has 59 heavy (non-hydrogen) atoms. The lowest BCUT2D eigenvalue weighted by Gasteiger charge is -2.20. The lowest BCUT2D eigenvalue weighted by molar-refractivity contribution is 0.203. The van der Waals surface area contributed by atoms with Gasteiger partial charge in [-0.2, -0.15) is 0 Å². The summed E-state index contributed by atoms with van der Waals surface area (Å²) in [5.74, 6) is 1.25. The molecule has 8 aromatic rings. The van der Waals surface area contributed by atoms with Crippen LogP contribution in [-0.4, -0.2) is 61.0 Å². The van der Waals surface area contributed by atoms with Crippen LogP contribution in [0.2, 0.25) is 0 Å². The van der Waals surface area contributed by atoms with Crippen molar-refractivity contribution in [3.8, 4) is 34.0 Å². The highest BCUT2D eigenvalue weighted by atomic mass is 32.1. The quantitative estimate of drug-likeness (QED) is 0.0847. The Morgan fingerprint density at radius 1 is 0.847 bits per heavy atom. The molecule has 1 fully saturated rings. The number of ether oxygens (including phenoxy) is 3. The minimum absolute atomic E-state index is 0.0470. The summed E-state index contributed by atoms with van der Waals surface area (Å²) >= 11 is 2.94. The van der Waals surface area contributed by atoms with E-state index < -0.39 is 0 Å². The molecule has 0 amide bonds. The van der Waals surface area contributed by atoms with Gasteiger partial charge >= 0.3 is 0 Å². The van der Waals surface area contributed by atoms with Crippen molar-refractivity contribution in [2.24, 2.45) is 5.73 Å². The Hall–Kier alpha value is -5.44. The van der Waals surface area contributed by atoms with Gasteiger partial charge in [-0.25, -0.2) is 9.97 Å². The van der Waals surface area contributed by atoms with Gasteiger partial charge in [0.25, 0.3) is 11.1 Å². The van der Waals surface area contributed by atoms with Gasteiger partial charge in [0.05, 0.1) is 54.4 Å². The summed E-state index contributed by atoms with van der Waals surface area (Å²) < 4.78 is 18.6. The first-order valence-corrected chi connectivity index (χ1v) is 21.5. The zero-order chi connectivity index (χ0) is 41.0. The lowest BCUT2D eigenvalue weighted by Crippen LogP contribution is -2.27. The van der Waals surface area contributed by atoms with Crippen molar-refractivity contribution in [2.45, 2.75) is 51.0 Å². The summed E-state index contributed by atoms with van der Waals surface area (Å²) in [7, 11) is 4.97. The first kappa shape index (κ1) is 39.0. The molecule has 2 aromatic carbocycles. The van der Waals surface area contributed by atoms with Crippen LogP contribution >= 0.6 is 22.7 Å². The number of pyridine rings is 4. The van der Waals surface area contributed by atoms with E-state index in [0.717, 1.165) is 79.1 Å². The zero-order valence-corrected chi connectivity index (χ0v) is 35.3. The van der Waals surface area contributed by atoms with Crippen molar-refractivity contribution < 1.29 is 14.2 Å². The van der Waals surface area contributed by atoms with Gasteiger partial charge in [-0.1, -0.05) is 55.5 Å². The third kappa shape index (κ3) is 6.80. The number of aromatic nitrogens is 4. The van der Waals surface area contributed by atoms with Gasteiger partial charge in [-0.3, -0.25) is 9.59 Å². The van der Waals surface area contributed by atoms with Crippen molar-refractivity contribution >= 4 is 64.7 Å². The van der Waals surface area contributed by atoms with Crippen molar-refractivity contribution in [3.05, 3.63) is 114 Å². The van der Waals surface area contributed by atoms with E-state index >= 15 is 0 Å². The lowest BCUT2D eigenvalue weighted by atomic mass is 9.92. The fraction of sp³-hybridized carbons (Fsp3) is 0.304. The van der Waals surface area contributed by atoms with E-state index in [4.69, 9.17) is 29.9 Å². The molecule has 0 radical (unpaired) electrons. The van der Waals surface area contributed by atoms with E-state index in [9.17, 15) is 9.59 Å². The third-order valence-corrected chi connectivity index (χ3v) is 14.0. The monoisotopic (exact) mass is 826 g/mol. The van der Waals surface area contributed by atoms with Crippen LogP contribution < -0.4 is 31.6 Å². The topological polar surface area (TPSA) is 157 Å². The number of fused-ring (bicyclic) bond motifs is 6. The molecule has 11 nitrogen and oxygen atoms in total. The van der Waals surface area contributed by atoms with E-state index in [1.54, 1.807) is 21.3 Å². The van der Waals surface area contributed by atoms with Crippen molar-refractivity contribution in [2.75, 3.05) is 41.0 Å². The average Bonchev–Trinajstić information content (AvgIpc) is 3.64. The molecule has 0 aliphatic heterocycles. The summed E-state index contributed by atoms with van der Waals surface area (Å²) in [5, 5.41) is 9.30. The summed E-state index contributed by atoms with van der Waals surface area (Å²) in [6, 6.07) is 21.2. The minimum Gasteiger partial charge on any atom is -0.481 e. The molecule has 1 atom stereocenters. The van der Waals surface area contributed by atoms with Crippen LogP contribution in [0.5, 0.6) is 11.8 Å². The Kier molecular flexibility index (Phi) is 10.3. The molecule has 1 aliphatic rings. The molecule has 6 heterocycles. The molecule has 1 aliphatic carbocycles. The Labute approximate surface area is 348 Å². The predicted octanol–water partition coefficient (Wildman–Crippen LogP) is 8.32. The van der Waals surface area contributed by atoms with E-state index in [-0.39, 0.29) is 22.5 Å². The van der Waals surface area contributed by atoms with Crippen molar-refractivity contribution in [3.63, 3.8) is 0 Å². The number of benzene rings is 2. The van der Waals surface area contributed by atoms with Gasteiger partial charge < -0.3 is 35.2 Å². The maximum atomic E-state index is 13.7. The smallest absolute Gasteiger partial charge is 0.266 e. The second-order valence-corrected chi connectivity index (χ2v) is 17.6. The van der Waals surface area contributed by atoms with Gasteiger partial charge in [-0.05, 0) is 72.0 Å². The maximum absolute atomic E-state index is 13.7. The largest absolute Gasteiger partial charge is 0.481 e. The molecule has 1 saturated carbocycles. The van der Waals surface area contributed by atoms with Gasteiger partial charge in [0.1, 0.15) is 9.40 Å². The fourth-order valence-electron chi connectivity index (χ4n) is 8.46. The molecule has 0 bridgehead atoms. The summed E-state index contributed by atoms with van der Waals surface area (Å²) in [6.45, 7) is 6.28. The number of rotatable bonds is 14. The third-order valence-electron chi connectivity index (χ3n) is 11.9. The molecule has 5 N–H and O–H groups in total. The van der Waals surface area contributed by atoms with Gasteiger partial charge in [0.15, 0.2) is 0 Å². The van der Waals surface area contributed by atoms with Crippen molar-refractivity contribution in [1.29, 1.82) is 0 Å². The Bertz CT molecular complexity index is 3000. The molecule has 6 aromatic heterocycles. The highest BCUT2D eigenvalue weighted by Crippen LogP contribution is 2.49. The maximum Gasteiger partial charge on any atom is 0.266 e. The molecular formula is C46H46N6O5S2. The molecule has 0 saturated heterocycles. The van der Waals surface area contributed by atoms with Crippen LogP contribution in [0.4, 0.5) is 0 Å². The van der Waals surface area contributed by atoms with Crippen LogP contribution in [0.1, 0.15) is 53.1 Å². The molecule has 302 valence electrons. The number of nitrogens with two attached hydrogens (primary N) is 1. The Morgan fingerprint density at radius 3 is 2.15 bits per heavy atom. The van der Waals surface area contributed by atoms with E-state index in [1.165, 1.54) is 28.2 Å². The first-order valence-electron chi connectivity index (χ1n) is 19.8. The Balaban J connectivity index is 1.06. The molecule has 13 heteroatoms. The number of hydrogen-bond acceptors (Lipinski definition) is 11. The standard InChI is InChI=1S/C46H46N6O5S2/c1-24(21-47)26-6-8-27(9-7-26)35-37-32-20-30(14-18-55-3)59-41(32)43(54)52-39(37)33(50-45(35)57-5)22-48-23-46(16-17-46)29-12-10-28(11-13-29)34-36-31-15-19-58-40(31)42(53)51-38(36)25(2)49-44(34)56-4/h6-13,15,19-20,24,48H,14,16-18,21-23,47H2,1-5H3,(H,51,53)(H,52,54). The number of thiophene rings is 2. The van der Waals surface area contributed by atoms with Gasteiger partial charge in [0, 0.05) is 58.5 Å². The first-order chi connectivity index (χ1) is 28.7. The predicted molar refractivity (Wildman–Crippen MR) is 240 cm³/mol. The summed E-state index contributed by atoms with van der Waals surface area (Å²) in [4.78, 5) is 43.9. The number of methoxy groups -OCH3 is 3. The highest BCUT2D eigenvalue weighted by molar-refractivity contribution is 7.19. The molecule has 9 rings (SSSR count). The van der Waals surface area contributed by atoms with Crippen LogP contribution in [0.3, 0.4) is 0 Å². The molecule has 0 spiro atoms. The number of hydrogen-bond donors (Lipinski definition) is 4. The van der Waals surface area contributed by atoms with E-state index in [1.807, 2.05) is 18.4 Å². The number of aromatic amines is 2. The highest BCUT2D eigenvalue weighted by Gasteiger charge is 2.43. The van der Waals surface area contributed by atoms with Crippen LogP contribution in [-0.2, 0) is 23.1 Å². The average molecular weight is 827 g/mol. The normalized spacial score (nSPS) is 14.1. The van der Waals surface area contributed by atoms with Crippen LogP contribution in [0, 0.1) is 6.92 Å². The van der Waals surface area contributed by atoms with Crippen LogP contribution in [0.25, 0.3) is 64.2 Å². The number of nitrogens with zero attached hydrogens (tertiary/aromatic N) is 2. The van der Waals surface area contributed by atoms with Gasteiger partial charge in [-0.15, -0.1) is 22.7 Å². The number of nitrogens with one attached hydrogen (secondary N) is 3. The number of aryl methyl sites for hydroxylation is 1. The van der Waals surface area contributed by atoms with Crippen molar-refractivity contribution in [1.82, 2.24) is 25.3 Å². The fourth-order valence-corrected chi connectivity index (χ4v) is 10.3. The zero-order valence-electron chi connectivity index (χ0n) is 33.7. The van der Waals surface area contributed by atoms with E-state index in [2.05, 4.69) is 76.8 Å². The second-order valence-electron chi connectivity index (χ2n) is 15.5. The summed E-state index contributed by atoms with van der Waals surface area (Å²) in [6.07, 6.45) is 2.80. The second kappa shape index (κ2) is 15.6. The molecular weight excluding hydrogens is 781 g/mol. The van der Waals surface area contributed by atoms with E-state index in [0.29, 0.717) is 64.2 Å². The van der Waals surface area contributed by atoms with Gasteiger partial charge in [0.2, 0.25) is 11.8 Å². The minimum atomic E-state index is -0.134. The summed E-state index contributed by atoms with van der Waals surface area (Å²) in [5.41, 5.74) is 14.6.